The molecule has 7 nitrogen and oxygen atoms in total. The van der Waals surface area contributed by atoms with Crippen molar-refractivity contribution < 1.29 is 19.1 Å². The number of carbonyl (C=O) groups is 2. The van der Waals surface area contributed by atoms with E-state index in [0.717, 1.165) is 23.3 Å². The summed E-state index contributed by atoms with van der Waals surface area (Å²) in [6.07, 6.45) is 1.60. The zero-order chi connectivity index (χ0) is 19.4. The van der Waals surface area contributed by atoms with E-state index >= 15 is 0 Å². The van der Waals surface area contributed by atoms with Gasteiger partial charge in [0.25, 0.3) is 5.91 Å². The molecule has 8 heteroatoms. The zero-order valence-electron chi connectivity index (χ0n) is 16.3. The number of carbonyl (C=O) groups excluding carboxylic acids is 2. The van der Waals surface area contributed by atoms with Crippen LogP contribution in [0.25, 0.3) is 0 Å². The van der Waals surface area contributed by atoms with Crippen LogP contribution in [-0.4, -0.2) is 67.9 Å². The molecular formula is C19H29N3O4S. The van der Waals surface area contributed by atoms with Gasteiger partial charge in [0.2, 0.25) is 0 Å². The highest BCUT2D eigenvalue weighted by Crippen LogP contribution is 2.33. The molecule has 2 atom stereocenters. The van der Waals surface area contributed by atoms with Crippen molar-refractivity contribution in [3.8, 4) is 0 Å². The van der Waals surface area contributed by atoms with Crippen LogP contribution in [0.5, 0.6) is 0 Å². The predicted octanol–water partition coefficient (Wildman–Crippen LogP) is 2.07. The second kappa shape index (κ2) is 8.58. The summed E-state index contributed by atoms with van der Waals surface area (Å²) in [5.74, 6) is 0.0496. The average Bonchev–Trinajstić information content (AvgIpc) is 3.11. The summed E-state index contributed by atoms with van der Waals surface area (Å²) in [5, 5.41) is 5.55. The molecule has 0 bridgehead atoms. The number of thiophene rings is 1. The maximum absolute atomic E-state index is 13.0. The van der Waals surface area contributed by atoms with Gasteiger partial charge in [-0.1, -0.05) is 0 Å². The van der Waals surface area contributed by atoms with Gasteiger partial charge in [0, 0.05) is 24.5 Å². The Hall–Kier alpha value is -1.64. The molecule has 0 radical (unpaired) electrons. The quantitative estimate of drug-likeness (QED) is 0.818. The maximum atomic E-state index is 13.0. The third-order valence-corrected chi connectivity index (χ3v) is 6.32. The molecule has 2 aliphatic heterocycles. The largest absolute Gasteiger partial charge is 0.377 e. The lowest BCUT2D eigenvalue weighted by Crippen LogP contribution is -2.47. The van der Waals surface area contributed by atoms with Crippen LogP contribution in [0.1, 0.15) is 39.9 Å². The summed E-state index contributed by atoms with van der Waals surface area (Å²) in [5.41, 5.74) is 0.666. The Morgan fingerprint density at radius 3 is 2.89 bits per heavy atom. The molecule has 150 valence electrons. The number of hydrogen-bond donors (Lipinski definition) is 2. The Morgan fingerprint density at radius 2 is 2.19 bits per heavy atom. The van der Waals surface area contributed by atoms with Gasteiger partial charge in [-0.3, -0.25) is 4.79 Å². The summed E-state index contributed by atoms with van der Waals surface area (Å²) < 4.78 is 12.1. The van der Waals surface area contributed by atoms with Gasteiger partial charge in [0.15, 0.2) is 0 Å². The van der Waals surface area contributed by atoms with Crippen molar-refractivity contribution in [2.24, 2.45) is 0 Å². The van der Waals surface area contributed by atoms with Crippen molar-refractivity contribution in [1.82, 2.24) is 15.5 Å². The van der Waals surface area contributed by atoms with Crippen molar-refractivity contribution in [3.63, 3.8) is 0 Å². The first kappa shape index (κ1) is 20.1. The van der Waals surface area contributed by atoms with E-state index in [1.165, 1.54) is 4.88 Å². The van der Waals surface area contributed by atoms with Gasteiger partial charge in [0.1, 0.15) is 5.60 Å². The molecule has 1 aromatic rings. The van der Waals surface area contributed by atoms with Gasteiger partial charge >= 0.3 is 6.03 Å². The van der Waals surface area contributed by atoms with Gasteiger partial charge in [-0.25, -0.2) is 4.79 Å². The molecule has 3 heterocycles. The lowest BCUT2D eigenvalue weighted by molar-refractivity contribution is -0.0823. The fourth-order valence-electron chi connectivity index (χ4n) is 3.60. The first-order valence-electron chi connectivity index (χ1n) is 9.56. The highest BCUT2D eigenvalue weighted by Gasteiger charge is 2.44. The standard InChI is InChI=1S/C19H29N3O4S/c1-4-20-18(24)21-10-15-5-6-19(26-15)11-22(7-8-25-12-19)17(23)16-9-13(2)14(3)27-16/h9,15H,4-8,10-12H2,1-3H3,(H2,20,21,24)/t15-,19-/m1/s1. The van der Waals surface area contributed by atoms with Crippen LogP contribution in [0.3, 0.4) is 0 Å². The molecule has 3 rings (SSSR count). The maximum Gasteiger partial charge on any atom is 0.314 e. The number of amides is 3. The minimum absolute atomic E-state index is 0.0496. The monoisotopic (exact) mass is 395 g/mol. The van der Waals surface area contributed by atoms with E-state index < -0.39 is 5.60 Å². The molecule has 0 saturated carbocycles. The predicted molar refractivity (Wildman–Crippen MR) is 104 cm³/mol. The molecule has 1 spiro atoms. The van der Waals surface area contributed by atoms with Crippen LogP contribution in [0.4, 0.5) is 4.79 Å². The molecule has 2 aliphatic rings. The van der Waals surface area contributed by atoms with Crippen LogP contribution in [0.15, 0.2) is 6.07 Å². The molecule has 2 saturated heterocycles. The topological polar surface area (TPSA) is 79.9 Å². The minimum atomic E-state index is -0.485. The fraction of sp³-hybridized carbons (Fsp3) is 0.684. The summed E-state index contributed by atoms with van der Waals surface area (Å²) in [7, 11) is 0. The van der Waals surface area contributed by atoms with Gasteiger partial charge in [-0.2, -0.15) is 0 Å². The fourth-order valence-corrected chi connectivity index (χ4v) is 4.61. The van der Waals surface area contributed by atoms with Crippen LogP contribution in [-0.2, 0) is 9.47 Å². The smallest absolute Gasteiger partial charge is 0.314 e. The highest BCUT2D eigenvalue weighted by molar-refractivity contribution is 7.14. The third-order valence-electron chi connectivity index (χ3n) is 5.18. The SMILES string of the molecule is CCNC(=O)NC[C@H]1CC[C@@]2(COCCN(C(=O)c3cc(C)c(C)s3)C2)O1. The van der Waals surface area contributed by atoms with Gasteiger partial charge in [-0.15, -0.1) is 11.3 Å². The highest BCUT2D eigenvalue weighted by atomic mass is 32.1. The van der Waals surface area contributed by atoms with Gasteiger partial charge in [0.05, 0.1) is 30.7 Å². The minimum Gasteiger partial charge on any atom is -0.377 e. The van der Waals surface area contributed by atoms with Crippen molar-refractivity contribution in [3.05, 3.63) is 21.4 Å². The van der Waals surface area contributed by atoms with E-state index in [2.05, 4.69) is 10.6 Å². The molecule has 0 aliphatic carbocycles. The van der Waals surface area contributed by atoms with Gasteiger partial charge < -0.3 is 25.0 Å². The molecule has 2 fully saturated rings. The van der Waals surface area contributed by atoms with Crippen LogP contribution < -0.4 is 10.6 Å². The normalized spacial score (nSPS) is 25.4. The number of hydrogen-bond acceptors (Lipinski definition) is 5. The van der Waals surface area contributed by atoms with Crippen molar-refractivity contribution in [1.29, 1.82) is 0 Å². The van der Waals surface area contributed by atoms with Gasteiger partial charge in [-0.05, 0) is 45.2 Å². The number of aryl methyl sites for hydroxylation is 2. The number of nitrogens with one attached hydrogen (secondary N) is 2. The van der Waals surface area contributed by atoms with Crippen molar-refractivity contribution in [2.75, 3.05) is 39.4 Å². The number of ether oxygens (including phenoxy) is 2. The first-order valence-corrected chi connectivity index (χ1v) is 10.4. The van der Waals surface area contributed by atoms with Crippen LogP contribution >= 0.6 is 11.3 Å². The summed E-state index contributed by atoms with van der Waals surface area (Å²) in [6.45, 7) is 9.10. The zero-order valence-corrected chi connectivity index (χ0v) is 17.1. The second-order valence-electron chi connectivity index (χ2n) is 7.33. The Labute approximate surface area is 164 Å². The van der Waals surface area contributed by atoms with E-state index in [-0.39, 0.29) is 18.0 Å². The van der Waals surface area contributed by atoms with E-state index in [4.69, 9.17) is 9.47 Å². The van der Waals surface area contributed by atoms with Crippen molar-refractivity contribution >= 4 is 23.3 Å². The number of urea groups is 1. The lowest BCUT2D eigenvalue weighted by atomic mass is 10.00. The van der Waals surface area contributed by atoms with Crippen LogP contribution in [0, 0.1) is 13.8 Å². The van der Waals surface area contributed by atoms with E-state index in [1.54, 1.807) is 11.3 Å². The molecule has 3 amide bonds. The van der Waals surface area contributed by atoms with E-state index in [0.29, 0.717) is 39.4 Å². The Kier molecular flexibility index (Phi) is 6.39. The molecule has 1 aromatic heterocycles. The number of nitrogens with zero attached hydrogens (tertiary/aromatic N) is 1. The summed E-state index contributed by atoms with van der Waals surface area (Å²) in [4.78, 5) is 28.4. The Balaban J connectivity index is 1.62. The van der Waals surface area contributed by atoms with Crippen LogP contribution in [0.2, 0.25) is 0 Å². The third kappa shape index (κ3) is 4.80. The molecule has 0 unspecified atom stereocenters. The molecule has 27 heavy (non-hydrogen) atoms. The summed E-state index contributed by atoms with van der Waals surface area (Å²) in [6, 6.07) is 1.79. The van der Waals surface area contributed by atoms with Crippen molar-refractivity contribution in [2.45, 2.75) is 45.3 Å². The summed E-state index contributed by atoms with van der Waals surface area (Å²) >= 11 is 1.54. The Morgan fingerprint density at radius 1 is 1.37 bits per heavy atom. The number of rotatable bonds is 4. The molecule has 2 N–H and O–H groups in total. The average molecular weight is 396 g/mol. The molecular weight excluding hydrogens is 366 g/mol. The lowest BCUT2D eigenvalue weighted by Gasteiger charge is -2.31. The van der Waals surface area contributed by atoms with E-state index in [9.17, 15) is 9.59 Å². The Bertz CT molecular complexity index is 673. The first-order chi connectivity index (χ1) is 12.9. The van der Waals surface area contributed by atoms with E-state index in [1.807, 2.05) is 31.7 Å². The second-order valence-corrected chi connectivity index (χ2v) is 8.59. The molecule has 0 aromatic carbocycles.